The Morgan fingerprint density at radius 2 is 1.24 bits per heavy atom. The van der Waals surface area contributed by atoms with E-state index in [0.717, 1.165) is 52.4 Å². The minimum atomic E-state index is 0.861. The molecule has 8 aromatic rings. The third kappa shape index (κ3) is 9.65. The number of allylic oxidation sites excluding steroid dienone is 6. The van der Waals surface area contributed by atoms with Crippen LogP contribution in [0.2, 0.25) is 0 Å². The van der Waals surface area contributed by atoms with Crippen LogP contribution in [0.3, 0.4) is 0 Å². The van der Waals surface area contributed by atoms with E-state index in [4.69, 9.17) is 0 Å². The van der Waals surface area contributed by atoms with E-state index in [-0.39, 0.29) is 0 Å². The molecule has 0 amide bonds. The second-order valence-corrected chi connectivity index (χ2v) is 17.2. The highest BCUT2D eigenvalue weighted by molar-refractivity contribution is 6.73. The summed E-state index contributed by atoms with van der Waals surface area (Å²) < 4.78 is 0. The maximum absolute atomic E-state index is 3.84. The SMILES string of the molecule is Cc1cc(-c2cc(N/C=C/C=C\C/C=C\c3ccccc3)ccc2Nc2ccc(-c3ccccc3)cc2)c2c(c1)N(c1ccc(C3=CCCCC3)cc1)c1ccc(-c3ccccc3)cc1[B]2. The van der Waals surface area contributed by atoms with Crippen LogP contribution in [0.5, 0.6) is 0 Å². The number of benzene rings is 8. The third-order valence-corrected chi connectivity index (χ3v) is 12.6. The zero-order valence-corrected chi connectivity index (χ0v) is 37.5. The van der Waals surface area contributed by atoms with Gasteiger partial charge in [-0.05, 0) is 155 Å². The van der Waals surface area contributed by atoms with Gasteiger partial charge in [0, 0.05) is 45.9 Å². The van der Waals surface area contributed by atoms with Crippen LogP contribution in [-0.4, -0.2) is 7.28 Å². The second-order valence-electron chi connectivity index (χ2n) is 17.2. The molecule has 0 fully saturated rings. The summed E-state index contributed by atoms with van der Waals surface area (Å²) in [6.45, 7) is 2.22. The number of nitrogens with zero attached hydrogens (tertiary/aromatic N) is 1. The molecule has 0 saturated carbocycles. The van der Waals surface area contributed by atoms with Crippen molar-refractivity contribution >= 4 is 64.0 Å². The third-order valence-electron chi connectivity index (χ3n) is 12.6. The van der Waals surface area contributed by atoms with Gasteiger partial charge in [0.15, 0.2) is 7.28 Å². The first-order valence-electron chi connectivity index (χ1n) is 23.3. The molecule has 1 heterocycles. The molecule has 1 radical (unpaired) electrons. The Morgan fingerprint density at radius 1 is 0.561 bits per heavy atom. The van der Waals surface area contributed by atoms with E-state index in [0.29, 0.717) is 0 Å². The molecule has 3 nitrogen and oxygen atoms in total. The quantitative estimate of drug-likeness (QED) is 0.0894. The molecular weight excluding hydrogens is 798 g/mol. The lowest BCUT2D eigenvalue weighted by molar-refractivity contribution is 0.742. The average molecular weight is 851 g/mol. The van der Waals surface area contributed by atoms with Gasteiger partial charge in [-0.15, -0.1) is 0 Å². The molecule has 8 aromatic carbocycles. The molecule has 0 saturated heterocycles. The van der Waals surface area contributed by atoms with Crippen LogP contribution in [0.25, 0.3) is 45.0 Å². The number of aryl methyl sites for hydroxylation is 1. The lowest BCUT2D eigenvalue weighted by Gasteiger charge is -2.36. The van der Waals surface area contributed by atoms with Crippen LogP contribution in [0, 0.1) is 6.92 Å². The normalized spacial score (nSPS) is 13.3. The van der Waals surface area contributed by atoms with Crippen molar-refractivity contribution in [2.75, 3.05) is 15.5 Å². The molecule has 0 spiro atoms. The van der Waals surface area contributed by atoms with Crippen LogP contribution in [-0.2, 0) is 0 Å². The van der Waals surface area contributed by atoms with Gasteiger partial charge in [-0.3, -0.25) is 0 Å². The van der Waals surface area contributed by atoms with Crippen LogP contribution in [0.15, 0.2) is 225 Å². The Bertz CT molecular complexity index is 3060. The molecule has 0 atom stereocenters. The van der Waals surface area contributed by atoms with Crippen molar-refractivity contribution in [3.63, 3.8) is 0 Å². The highest BCUT2D eigenvalue weighted by Gasteiger charge is 2.29. The summed E-state index contributed by atoms with van der Waals surface area (Å²) in [5.41, 5.74) is 21.2. The largest absolute Gasteiger partial charge is 0.362 e. The molecule has 1 aliphatic carbocycles. The standard InChI is InChI=1S/C62H53BN3/c1-45-41-57(62-61(42-45)66(55-36-30-51(31-37-55)48-24-14-7-15-25-48)60-39-32-52(43-58(60)63-62)49-26-16-8-17-27-49)56-44-54(64-40-18-4-2-3-9-19-46-20-10-5-11-21-46)35-38-59(56)65-53-33-28-50(29-34-53)47-22-12-6-13-23-47/h2,4-6,8-13,16-24,26-44,64-65H,3,7,14-15,25H2,1H3/b4-2-,19-9-,40-18+. The lowest BCUT2D eigenvalue weighted by atomic mass is 9.57. The first-order chi connectivity index (χ1) is 32.6. The lowest BCUT2D eigenvalue weighted by Crippen LogP contribution is -2.41. The molecule has 1 aliphatic heterocycles. The molecular formula is C62H53BN3. The van der Waals surface area contributed by atoms with E-state index >= 15 is 0 Å². The fourth-order valence-corrected chi connectivity index (χ4v) is 9.21. The number of hydrogen-bond donors (Lipinski definition) is 2. The summed E-state index contributed by atoms with van der Waals surface area (Å²) in [7, 11) is 2.40. The Morgan fingerprint density at radius 3 is 1.98 bits per heavy atom. The van der Waals surface area contributed by atoms with Gasteiger partial charge >= 0.3 is 0 Å². The van der Waals surface area contributed by atoms with Crippen molar-refractivity contribution in [1.29, 1.82) is 0 Å². The average Bonchev–Trinajstić information content (AvgIpc) is 3.38. The summed E-state index contributed by atoms with van der Waals surface area (Å²) >= 11 is 0. The van der Waals surface area contributed by atoms with E-state index in [2.05, 4.69) is 248 Å². The predicted octanol–water partition coefficient (Wildman–Crippen LogP) is 15.7. The highest BCUT2D eigenvalue weighted by Crippen LogP contribution is 2.42. The molecule has 10 rings (SSSR count). The highest BCUT2D eigenvalue weighted by atomic mass is 15.1. The van der Waals surface area contributed by atoms with E-state index in [1.807, 2.05) is 12.3 Å². The molecule has 0 aromatic heterocycles. The van der Waals surface area contributed by atoms with Crippen molar-refractivity contribution < 1.29 is 0 Å². The van der Waals surface area contributed by atoms with Crippen molar-refractivity contribution in [3.8, 4) is 33.4 Å². The maximum Gasteiger partial charge on any atom is 0.197 e. The number of rotatable bonds is 13. The van der Waals surface area contributed by atoms with Crippen LogP contribution < -0.4 is 26.5 Å². The number of fused-ring (bicyclic) bond motifs is 2. The minimum absolute atomic E-state index is 0.861. The van der Waals surface area contributed by atoms with E-state index in [1.54, 1.807) is 0 Å². The Labute approximate surface area is 391 Å². The van der Waals surface area contributed by atoms with Crippen LogP contribution in [0.4, 0.5) is 34.1 Å². The first-order valence-corrected chi connectivity index (χ1v) is 23.3. The number of nitrogens with one attached hydrogen (secondary N) is 2. The van der Waals surface area contributed by atoms with Crippen molar-refractivity contribution in [1.82, 2.24) is 0 Å². The van der Waals surface area contributed by atoms with Crippen LogP contribution in [0.1, 0.15) is 48.8 Å². The Hall–Kier alpha value is -7.82. The summed E-state index contributed by atoms with van der Waals surface area (Å²) in [5, 5.41) is 7.43. The molecule has 0 bridgehead atoms. The van der Waals surface area contributed by atoms with Crippen molar-refractivity contribution in [3.05, 3.63) is 241 Å². The summed E-state index contributed by atoms with van der Waals surface area (Å²) in [6.07, 6.45) is 20.8. The molecule has 2 N–H and O–H groups in total. The van der Waals surface area contributed by atoms with Gasteiger partial charge in [0.2, 0.25) is 0 Å². The Kier molecular flexibility index (Phi) is 12.7. The molecule has 66 heavy (non-hydrogen) atoms. The molecule has 319 valence electrons. The topological polar surface area (TPSA) is 27.3 Å². The Balaban J connectivity index is 1.04. The van der Waals surface area contributed by atoms with Gasteiger partial charge in [-0.25, -0.2) is 0 Å². The van der Waals surface area contributed by atoms with Gasteiger partial charge < -0.3 is 15.5 Å². The maximum atomic E-state index is 3.84. The molecule has 2 aliphatic rings. The van der Waals surface area contributed by atoms with E-state index in [9.17, 15) is 0 Å². The second kappa shape index (κ2) is 19.9. The fourth-order valence-electron chi connectivity index (χ4n) is 9.21. The van der Waals surface area contributed by atoms with E-state index < -0.39 is 0 Å². The van der Waals surface area contributed by atoms with Gasteiger partial charge in [-0.1, -0.05) is 169 Å². The number of hydrogen-bond acceptors (Lipinski definition) is 3. The van der Waals surface area contributed by atoms with Crippen LogP contribution >= 0.6 is 0 Å². The monoisotopic (exact) mass is 850 g/mol. The predicted molar refractivity (Wildman–Crippen MR) is 285 cm³/mol. The fraction of sp³-hybridized carbons (Fsp3) is 0.0968. The number of anilines is 6. The van der Waals surface area contributed by atoms with Crippen molar-refractivity contribution in [2.45, 2.75) is 39.0 Å². The van der Waals surface area contributed by atoms with E-state index in [1.165, 1.54) is 80.4 Å². The smallest absolute Gasteiger partial charge is 0.197 e. The van der Waals surface area contributed by atoms with Crippen molar-refractivity contribution in [2.24, 2.45) is 0 Å². The summed E-state index contributed by atoms with van der Waals surface area (Å²) in [4.78, 5) is 2.47. The van der Waals surface area contributed by atoms with Gasteiger partial charge in [-0.2, -0.15) is 0 Å². The van der Waals surface area contributed by atoms with Gasteiger partial charge in [0.05, 0.1) is 0 Å². The first kappa shape index (κ1) is 42.2. The zero-order valence-electron chi connectivity index (χ0n) is 37.5. The summed E-state index contributed by atoms with van der Waals surface area (Å²) in [6, 6.07) is 68.0. The minimum Gasteiger partial charge on any atom is -0.362 e. The zero-order chi connectivity index (χ0) is 44.5. The summed E-state index contributed by atoms with van der Waals surface area (Å²) in [5.74, 6) is 0. The molecule has 4 heteroatoms. The van der Waals surface area contributed by atoms with Gasteiger partial charge in [0.1, 0.15) is 0 Å². The molecule has 0 unspecified atom stereocenters. The van der Waals surface area contributed by atoms with Gasteiger partial charge in [0.25, 0.3) is 0 Å².